The quantitative estimate of drug-likeness (QED) is 0.762. The Balaban J connectivity index is 1.96. The second-order valence-electron chi connectivity index (χ2n) is 6.01. The minimum absolute atomic E-state index is 0.172. The van der Waals surface area contributed by atoms with Crippen molar-refractivity contribution < 1.29 is 0 Å². The highest BCUT2D eigenvalue weighted by atomic mass is 32.1. The van der Waals surface area contributed by atoms with E-state index in [-0.39, 0.29) is 6.04 Å². The monoisotopic (exact) mass is 312 g/mol. The molecule has 1 unspecified atom stereocenters. The predicted molar refractivity (Wildman–Crippen MR) is 99.5 cm³/mol. The van der Waals surface area contributed by atoms with Gasteiger partial charge in [-0.2, -0.15) is 0 Å². The van der Waals surface area contributed by atoms with Gasteiger partial charge in [0.05, 0.1) is 6.04 Å². The molecule has 2 rings (SSSR count). The van der Waals surface area contributed by atoms with Crippen LogP contribution in [0.2, 0.25) is 0 Å². The van der Waals surface area contributed by atoms with Gasteiger partial charge in [0.15, 0.2) is 5.11 Å². The second kappa shape index (κ2) is 7.41. The average molecular weight is 312 g/mol. The maximum atomic E-state index is 5.40. The average Bonchev–Trinajstić information content (AvgIpc) is 2.47. The molecular formula is C19H24N2S. The van der Waals surface area contributed by atoms with Crippen molar-refractivity contribution in [2.24, 2.45) is 0 Å². The van der Waals surface area contributed by atoms with E-state index in [4.69, 9.17) is 12.2 Å². The number of aryl methyl sites for hydroxylation is 1. The first kappa shape index (κ1) is 16.5. The molecule has 0 saturated carbocycles. The zero-order valence-electron chi connectivity index (χ0n) is 13.7. The van der Waals surface area contributed by atoms with Crippen LogP contribution < -0.4 is 10.6 Å². The van der Waals surface area contributed by atoms with Crippen molar-refractivity contribution >= 4 is 23.0 Å². The molecule has 0 fully saturated rings. The lowest BCUT2D eigenvalue weighted by Crippen LogP contribution is -2.30. The molecule has 0 radical (unpaired) electrons. The molecule has 0 aromatic heterocycles. The SMILES string of the molecule is Cc1cccc(NC(=S)NC(C)c2ccc(C(C)C)cc2)c1. The van der Waals surface area contributed by atoms with E-state index in [1.54, 1.807) is 0 Å². The van der Waals surface area contributed by atoms with E-state index in [2.05, 4.69) is 74.7 Å². The van der Waals surface area contributed by atoms with E-state index in [0.717, 1.165) is 5.69 Å². The van der Waals surface area contributed by atoms with Crippen LogP contribution in [-0.4, -0.2) is 5.11 Å². The molecule has 22 heavy (non-hydrogen) atoms. The lowest BCUT2D eigenvalue weighted by atomic mass is 10.00. The summed E-state index contributed by atoms with van der Waals surface area (Å²) in [6.07, 6.45) is 0. The van der Waals surface area contributed by atoms with Crippen molar-refractivity contribution in [1.82, 2.24) is 5.32 Å². The highest BCUT2D eigenvalue weighted by molar-refractivity contribution is 7.80. The first-order chi connectivity index (χ1) is 10.5. The zero-order valence-corrected chi connectivity index (χ0v) is 14.5. The minimum atomic E-state index is 0.172. The number of hydrogen-bond donors (Lipinski definition) is 2. The van der Waals surface area contributed by atoms with Crippen LogP contribution in [0, 0.1) is 6.92 Å². The molecule has 1 atom stereocenters. The van der Waals surface area contributed by atoms with Gasteiger partial charge < -0.3 is 10.6 Å². The Labute approximate surface area is 139 Å². The van der Waals surface area contributed by atoms with E-state index < -0.39 is 0 Å². The van der Waals surface area contributed by atoms with E-state index in [0.29, 0.717) is 11.0 Å². The number of thiocarbonyl (C=S) groups is 1. The topological polar surface area (TPSA) is 24.1 Å². The van der Waals surface area contributed by atoms with Crippen LogP contribution in [0.5, 0.6) is 0 Å². The van der Waals surface area contributed by atoms with E-state index in [9.17, 15) is 0 Å². The maximum Gasteiger partial charge on any atom is 0.171 e. The van der Waals surface area contributed by atoms with Gasteiger partial charge in [-0.15, -0.1) is 0 Å². The van der Waals surface area contributed by atoms with E-state index in [1.165, 1.54) is 16.7 Å². The fraction of sp³-hybridized carbons (Fsp3) is 0.316. The van der Waals surface area contributed by atoms with Gasteiger partial charge in [-0.1, -0.05) is 50.2 Å². The lowest BCUT2D eigenvalue weighted by Gasteiger charge is -2.18. The Morgan fingerprint density at radius 2 is 1.59 bits per heavy atom. The summed E-state index contributed by atoms with van der Waals surface area (Å²) in [5.41, 5.74) is 4.82. The molecule has 0 spiro atoms. The van der Waals surface area contributed by atoms with Crippen molar-refractivity contribution in [3.63, 3.8) is 0 Å². The Morgan fingerprint density at radius 3 is 2.18 bits per heavy atom. The second-order valence-corrected chi connectivity index (χ2v) is 6.42. The number of rotatable bonds is 4. The smallest absolute Gasteiger partial charge is 0.171 e. The lowest BCUT2D eigenvalue weighted by molar-refractivity contribution is 0.721. The third-order valence-corrected chi connectivity index (χ3v) is 3.95. The highest BCUT2D eigenvalue weighted by Gasteiger charge is 2.08. The Morgan fingerprint density at radius 1 is 0.955 bits per heavy atom. The Bertz CT molecular complexity index is 632. The summed E-state index contributed by atoms with van der Waals surface area (Å²) < 4.78 is 0. The Kier molecular flexibility index (Phi) is 5.56. The molecule has 2 N–H and O–H groups in total. The predicted octanol–water partition coefficient (Wildman–Crippen LogP) is 5.17. The molecular weight excluding hydrogens is 288 g/mol. The number of anilines is 1. The fourth-order valence-electron chi connectivity index (χ4n) is 2.34. The van der Waals surface area contributed by atoms with E-state index in [1.807, 2.05) is 12.1 Å². The molecule has 2 nitrogen and oxygen atoms in total. The minimum Gasteiger partial charge on any atom is -0.356 e. The molecule has 0 heterocycles. The number of hydrogen-bond acceptors (Lipinski definition) is 1. The maximum absolute atomic E-state index is 5.40. The van der Waals surface area contributed by atoms with Gasteiger partial charge in [0.1, 0.15) is 0 Å². The largest absolute Gasteiger partial charge is 0.356 e. The first-order valence-corrected chi connectivity index (χ1v) is 8.10. The molecule has 0 amide bonds. The third kappa shape index (κ3) is 4.57. The summed E-state index contributed by atoms with van der Waals surface area (Å²) in [5.74, 6) is 0.557. The highest BCUT2D eigenvalue weighted by Crippen LogP contribution is 2.19. The molecule has 2 aromatic carbocycles. The standard InChI is InChI=1S/C19H24N2S/c1-13(2)16-8-10-17(11-9-16)15(4)20-19(22)21-18-7-5-6-14(3)12-18/h5-13,15H,1-4H3,(H2,20,21,22). The van der Waals surface area contributed by atoms with Crippen LogP contribution >= 0.6 is 12.2 Å². The number of benzene rings is 2. The van der Waals surface area contributed by atoms with Crippen LogP contribution in [0.15, 0.2) is 48.5 Å². The van der Waals surface area contributed by atoms with Crippen LogP contribution in [0.1, 0.15) is 49.4 Å². The normalized spacial score (nSPS) is 12.0. The molecule has 0 aliphatic rings. The molecule has 0 saturated heterocycles. The van der Waals surface area contributed by atoms with Gasteiger partial charge in [0, 0.05) is 5.69 Å². The molecule has 116 valence electrons. The van der Waals surface area contributed by atoms with Gasteiger partial charge >= 0.3 is 0 Å². The van der Waals surface area contributed by atoms with Gasteiger partial charge in [-0.3, -0.25) is 0 Å². The summed E-state index contributed by atoms with van der Waals surface area (Å²) in [5, 5.41) is 7.21. The zero-order chi connectivity index (χ0) is 16.1. The summed E-state index contributed by atoms with van der Waals surface area (Å²) in [4.78, 5) is 0. The van der Waals surface area contributed by atoms with Crippen molar-refractivity contribution in [1.29, 1.82) is 0 Å². The van der Waals surface area contributed by atoms with Gasteiger partial charge in [-0.05, 0) is 60.8 Å². The third-order valence-electron chi connectivity index (χ3n) is 3.73. The summed E-state index contributed by atoms with van der Waals surface area (Å²) >= 11 is 5.40. The molecule has 0 aliphatic heterocycles. The summed E-state index contributed by atoms with van der Waals surface area (Å²) in [7, 11) is 0. The first-order valence-electron chi connectivity index (χ1n) is 7.69. The van der Waals surface area contributed by atoms with Gasteiger partial charge in [-0.25, -0.2) is 0 Å². The Hall–Kier alpha value is -1.87. The van der Waals surface area contributed by atoms with Gasteiger partial charge in [0.2, 0.25) is 0 Å². The summed E-state index contributed by atoms with van der Waals surface area (Å²) in [6, 6.07) is 17.1. The van der Waals surface area contributed by atoms with Gasteiger partial charge in [0.25, 0.3) is 0 Å². The van der Waals surface area contributed by atoms with Crippen LogP contribution in [0.3, 0.4) is 0 Å². The van der Waals surface area contributed by atoms with Crippen molar-refractivity contribution in [2.45, 2.75) is 39.7 Å². The number of nitrogens with one attached hydrogen (secondary N) is 2. The van der Waals surface area contributed by atoms with Crippen LogP contribution in [0.4, 0.5) is 5.69 Å². The molecule has 2 aromatic rings. The summed E-state index contributed by atoms with van der Waals surface area (Å²) in [6.45, 7) is 8.60. The molecule has 0 aliphatic carbocycles. The van der Waals surface area contributed by atoms with Crippen molar-refractivity contribution in [3.05, 3.63) is 65.2 Å². The fourth-order valence-corrected chi connectivity index (χ4v) is 2.63. The van der Waals surface area contributed by atoms with Crippen molar-refractivity contribution in [3.8, 4) is 0 Å². The van der Waals surface area contributed by atoms with Crippen LogP contribution in [0.25, 0.3) is 0 Å². The molecule has 3 heteroatoms. The van der Waals surface area contributed by atoms with E-state index >= 15 is 0 Å². The van der Waals surface area contributed by atoms with Crippen LogP contribution in [-0.2, 0) is 0 Å². The van der Waals surface area contributed by atoms with Crippen molar-refractivity contribution in [2.75, 3.05) is 5.32 Å². The molecule has 0 bridgehead atoms.